The molecule has 2 saturated heterocycles. The molecule has 1 aromatic rings. The third-order valence-electron chi connectivity index (χ3n) is 4.28. The second-order valence-corrected chi connectivity index (χ2v) is 5.10. The van der Waals surface area contributed by atoms with Crippen LogP contribution in [0.15, 0.2) is 24.3 Å². The van der Waals surface area contributed by atoms with Crippen LogP contribution in [0.1, 0.15) is 24.8 Å². The zero-order chi connectivity index (χ0) is 11.9. The van der Waals surface area contributed by atoms with E-state index in [0.717, 1.165) is 37.2 Å². The highest BCUT2D eigenvalue weighted by atomic mass is 16.5. The fourth-order valence-corrected chi connectivity index (χ4v) is 3.33. The van der Waals surface area contributed by atoms with Crippen molar-refractivity contribution in [1.29, 1.82) is 0 Å². The van der Waals surface area contributed by atoms with Crippen LogP contribution in [-0.2, 0) is 5.60 Å². The lowest BCUT2D eigenvalue weighted by Gasteiger charge is -2.30. The van der Waals surface area contributed by atoms with E-state index in [1.54, 1.807) is 7.11 Å². The standard InChI is InChI=1S/C14H19NO2/c1-17-12-6-4-11(5-7-12)14(16)8-10-15-9-2-3-13(14)15/h4-7,13,16H,2-3,8-10H2,1H3. The Balaban J connectivity index is 1.91. The lowest BCUT2D eigenvalue weighted by molar-refractivity contribution is 0.00935. The predicted molar refractivity (Wildman–Crippen MR) is 66.1 cm³/mol. The summed E-state index contributed by atoms with van der Waals surface area (Å²) in [6.45, 7) is 2.16. The fraction of sp³-hybridized carbons (Fsp3) is 0.571. The van der Waals surface area contributed by atoms with Gasteiger partial charge in [0.05, 0.1) is 7.11 Å². The van der Waals surface area contributed by atoms with E-state index >= 15 is 0 Å². The van der Waals surface area contributed by atoms with E-state index in [4.69, 9.17) is 4.74 Å². The van der Waals surface area contributed by atoms with Gasteiger partial charge in [0, 0.05) is 12.6 Å². The molecule has 0 saturated carbocycles. The van der Waals surface area contributed by atoms with Crippen LogP contribution in [0, 0.1) is 0 Å². The minimum atomic E-state index is -0.650. The third kappa shape index (κ3) is 1.65. The Morgan fingerprint density at radius 3 is 2.76 bits per heavy atom. The summed E-state index contributed by atoms with van der Waals surface area (Å²) < 4.78 is 5.16. The van der Waals surface area contributed by atoms with Gasteiger partial charge in [0.1, 0.15) is 11.4 Å². The molecule has 3 rings (SSSR count). The number of benzene rings is 1. The molecular formula is C14H19NO2. The van der Waals surface area contributed by atoms with Crippen LogP contribution in [0.25, 0.3) is 0 Å². The van der Waals surface area contributed by atoms with E-state index in [1.165, 1.54) is 6.42 Å². The van der Waals surface area contributed by atoms with Gasteiger partial charge in [-0.1, -0.05) is 12.1 Å². The molecule has 0 bridgehead atoms. The summed E-state index contributed by atoms with van der Waals surface area (Å²) in [5.41, 5.74) is 0.385. The Morgan fingerprint density at radius 2 is 2.06 bits per heavy atom. The smallest absolute Gasteiger partial charge is 0.118 e. The van der Waals surface area contributed by atoms with Crippen molar-refractivity contribution in [1.82, 2.24) is 4.90 Å². The number of rotatable bonds is 2. The van der Waals surface area contributed by atoms with Gasteiger partial charge in [0.15, 0.2) is 0 Å². The van der Waals surface area contributed by atoms with Crippen LogP contribution < -0.4 is 4.74 Å². The maximum absolute atomic E-state index is 10.9. The van der Waals surface area contributed by atoms with Crippen molar-refractivity contribution in [2.75, 3.05) is 20.2 Å². The summed E-state index contributed by atoms with van der Waals surface area (Å²) in [5.74, 6) is 0.846. The average Bonchev–Trinajstić information content (AvgIpc) is 2.95. The first-order valence-corrected chi connectivity index (χ1v) is 6.35. The SMILES string of the molecule is COc1ccc(C2(O)CCN3CCCC32)cc1. The molecule has 1 N–H and O–H groups in total. The lowest BCUT2D eigenvalue weighted by atomic mass is 9.85. The van der Waals surface area contributed by atoms with Crippen molar-refractivity contribution in [2.45, 2.75) is 30.9 Å². The number of aliphatic hydroxyl groups is 1. The van der Waals surface area contributed by atoms with Crippen molar-refractivity contribution in [2.24, 2.45) is 0 Å². The average molecular weight is 233 g/mol. The maximum Gasteiger partial charge on any atom is 0.118 e. The molecule has 2 heterocycles. The Bertz CT molecular complexity index is 403. The maximum atomic E-state index is 10.9. The molecule has 2 unspecified atom stereocenters. The van der Waals surface area contributed by atoms with Gasteiger partial charge < -0.3 is 9.84 Å². The van der Waals surface area contributed by atoms with Crippen LogP contribution in [0.4, 0.5) is 0 Å². The summed E-state index contributed by atoms with van der Waals surface area (Å²) in [4.78, 5) is 2.42. The van der Waals surface area contributed by atoms with Gasteiger partial charge >= 0.3 is 0 Å². The first-order chi connectivity index (χ1) is 8.24. The van der Waals surface area contributed by atoms with Crippen molar-refractivity contribution in [3.05, 3.63) is 29.8 Å². The molecule has 17 heavy (non-hydrogen) atoms. The van der Waals surface area contributed by atoms with Gasteiger partial charge in [0.25, 0.3) is 0 Å². The molecule has 2 aliphatic heterocycles. The van der Waals surface area contributed by atoms with Crippen LogP contribution in [0.3, 0.4) is 0 Å². The molecule has 2 atom stereocenters. The van der Waals surface area contributed by atoms with Crippen LogP contribution in [0.5, 0.6) is 5.75 Å². The Hall–Kier alpha value is -1.06. The molecule has 0 aliphatic carbocycles. The van der Waals surface area contributed by atoms with E-state index < -0.39 is 5.60 Å². The number of hydrogen-bond acceptors (Lipinski definition) is 3. The zero-order valence-corrected chi connectivity index (χ0v) is 10.2. The van der Waals surface area contributed by atoms with Crippen LogP contribution >= 0.6 is 0 Å². The summed E-state index contributed by atoms with van der Waals surface area (Å²) in [7, 11) is 1.66. The summed E-state index contributed by atoms with van der Waals surface area (Å²) in [6, 6.07) is 8.19. The number of hydrogen-bond donors (Lipinski definition) is 1. The zero-order valence-electron chi connectivity index (χ0n) is 10.2. The van der Waals surface area contributed by atoms with E-state index in [1.807, 2.05) is 24.3 Å². The predicted octanol–water partition coefficient (Wildman–Crippen LogP) is 1.75. The number of fused-ring (bicyclic) bond motifs is 1. The Labute approximate surface area is 102 Å². The number of methoxy groups -OCH3 is 1. The molecular weight excluding hydrogens is 214 g/mol. The fourth-order valence-electron chi connectivity index (χ4n) is 3.33. The molecule has 0 spiro atoms. The molecule has 2 aliphatic rings. The summed E-state index contributed by atoms with van der Waals surface area (Å²) in [5, 5.41) is 10.9. The largest absolute Gasteiger partial charge is 0.497 e. The molecule has 1 aromatic carbocycles. The monoisotopic (exact) mass is 233 g/mol. The molecule has 0 radical (unpaired) electrons. The van der Waals surface area contributed by atoms with E-state index in [2.05, 4.69) is 4.90 Å². The first-order valence-electron chi connectivity index (χ1n) is 6.35. The van der Waals surface area contributed by atoms with Gasteiger partial charge in [-0.25, -0.2) is 0 Å². The second kappa shape index (κ2) is 4.00. The topological polar surface area (TPSA) is 32.7 Å². The van der Waals surface area contributed by atoms with E-state index in [-0.39, 0.29) is 0 Å². The van der Waals surface area contributed by atoms with Crippen molar-refractivity contribution in [3.63, 3.8) is 0 Å². The minimum Gasteiger partial charge on any atom is -0.497 e. The minimum absolute atomic E-state index is 0.316. The third-order valence-corrected chi connectivity index (χ3v) is 4.28. The Morgan fingerprint density at radius 1 is 1.29 bits per heavy atom. The summed E-state index contributed by atoms with van der Waals surface area (Å²) >= 11 is 0. The van der Waals surface area contributed by atoms with E-state index in [0.29, 0.717) is 6.04 Å². The molecule has 3 heteroatoms. The molecule has 0 amide bonds. The first kappa shape index (κ1) is 11.1. The molecule has 92 valence electrons. The Kier molecular flexibility index (Phi) is 2.60. The second-order valence-electron chi connectivity index (χ2n) is 5.10. The van der Waals surface area contributed by atoms with Crippen molar-refractivity contribution in [3.8, 4) is 5.75 Å². The van der Waals surface area contributed by atoms with Gasteiger partial charge in [-0.2, -0.15) is 0 Å². The van der Waals surface area contributed by atoms with Crippen molar-refractivity contribution < 1.29 is 9.84 Å². The molecule has 3 nitrogen and oxygen atoms in total. The highest BCUT2D eigenvalue weighted by Crippen LogP contribution is 2.43. The van der Waals surface area contributed by atoms with Gasteiger partial charge in [-0.3, -0.25) is 4.90 Å². The van der Waals surface area contributed by atoms with Crippen LogP contribution in [0.2, 0.25) is 0 Å². The number of nitrogens with zero attached hydrogens (tertiary/aromatic N) is 1. The molecule has 0 aromatic heterocycles. The highest BCUT2D eigenvalue weighted by molar-refractivity contribution is 5.33. The quantitative estimate of drug-likeness (QED) is 0.844. The van der Waals surface area contributed by atoms with Crippen LogP contribution in [-0.4, -0.2) is 36.2 Å². The normalized spacial score (nSPS) is 32.7. The number of ether oxygens (including phenoxy) is 1. The van der Waals surface area contributed by atoms with Gasteiger partial charge in [0.2, 0.25) is 0 Å². The summed E-state index contributed by atoms with van der Waals surface area (Å²) in [6.07, 6.45) is 3.18. The lowest BCUT2D eigenvalue weighted by Crippen LogP contribution is -2.38. The van der Waals surface area contributed by atoms with Gasteiger partial charge in [-0.15, -0.1) is 0 Å². The van der Waals surface area contributed by atoms with E-state index in [9.17, 15) is 5.11 Å². The van der Waals surface area contributed by atoms with Gasteiger partial charge in [-0.05, 0) is 43.5 Å². The highest BCUT2D eigenvalue weighted by Gasteiger charge is 2.48. The van der Waals surface area contributed by atoms with Crippen molar-refractivity contribution >= 4 is 0 Å². The molecule has 2 fully saturated rings.